The van der Waals surface area contributed by atoms with E-state index in [9.17, 15) is 23.1 Å². The Hall–Kier alpha value is -1.88. The van der Waals surface area contributed by atoms with Gasteiger partial charge in [0.25, 0.3) is 0 Å². The first kappa shape index (κ1) is 31.6. The summed E-state index contributed by atoms with van der Waals surface area (Å²) < 4.78 is 24.9. The largest absolute Gasteiger partial charge is 0.390 e. The van der Waals surface area contributed by atoms with E-state index in [1.165, 1.54) is 17.6 Å². The number of likely N-dealkylation sites (tertiary alicyclic amines) is 1. The Bertz CT molecular complexity index is 1090. The molecule has 39 heavy (non-hydrogen) atoms. The van der Waals surface area contributed by atoms with E-state index in [1.807, 2.05) is 12.1 Å². The maximum absolute atomic E-state index is 13.8. The lowest BCUT2D eigenvalue weighted by atomic mass is 9.78. The van der Waals surface area contributed by atoms with Crippen LogP contribution in [-0.2, 0) is 26.2 Å². The quantitative estimate of drug-likeness (QED) is 0.462. The minimum atomic E-state index is -3.31. The lowest BCUT2D eigenvalue weighted by molar-refractivity contribution is -0.166. The van der Waals surface area contributed by atoms with Crippen molar-refractivity contribution in [3.63, 3.8) is 0 Å². The zero-order valence-corrected chi connectivity index (χ0v) is 25.1. The van der Waals surface area contributed by atoms with Crippen LogP contribution in [0.25, 0.3) is 0 Å². The molecule has 3 aliphatic rings. The Labute approximate surface area is 239 Å². The number of piperazine rings is 1. The van der Waals surface area contributed by atoms with Crippen LogP contribution in [0.4, 0.5) is 5.69 Å². The number of amides is 2. The third-order valence-corrected chi connectivity index (χ3v) is 10.1. The number of unbranched alkanes of at least 4 members (excludes halogenated alkanes) is 1. The van der Waals surface area contributed by atoms with Crippen molar-refractivity contribution in [1.29, 1.82) is 0 Å². The monoisotopic (exact) mass is 584 g/mol. The Balaban J connectivity index is 0.00000420. The van der Waals surface area contributed by atoms with E-state index in [4.69, 9.17) is 0 Å². The van der Waals surface area contributed by atoms with Gasteiger partial charge in [-0.25, -0.2) is 8.42 Å². The Morgan fingerprint density at radius 1 is 1.10 bits per heavy atom. The van der Waals surface area contributed by atoms with Crippen molar-refractivity contribution in [3.8, 4) is 0 Å². The number of nitrogens with zero attached hydrogens (tertiary/aromatic N) is 3. The number of sulfonamides is 1. The first-order valence-electron chi connectivity index (χ1n) is 14.1. The van der Waals surface area contributed by atoms with Crippen molar-refractivity contribution in [2.75, 3.05) is 37.2 Å². The van der Waals surface area contributed by atoms with Crippen LogP contribution >= 0.6 is 12.4 Å². The summed E-state index contributed by atoms with van der Waals surface area (Å²) in [7, 11) is -1.78. The molecule has 0 bridgehead atoms. The van der Waals surface area contributed by atoms with Gasteiger partial charge in [-0.2, -0.15) is 0 Å². The van der Waals surface area contributed by atoms with E-state index < -0.39 is 27.7 Å². The standard InChI is InChI=1S/C28H44N4O5S.ClH/c1-4-5-17-32-26(34)24(25(33)22-9-7-6-8-10-22)29-27(35)28(32)15-18-31(19-16-28)20-21-11-13-23(14-12-21)30(2)38(3,36)37;/h11-14,22,24-25,33H,4-10,15-20H2,1-3H3,(H,29,35);1H/t24-,25-;/m1./s1. The number of halogens is 1. The molecule has 1 saturated carbocycles. The second-order valence-electron chi connectivity index (χ2n) is 11.4. The first-order valence-corrected chi connectivity index (χ1v) is 16.0. The SMILES string of the molecule is CCCCN1C(=O)[C@@H]([C@H](O)C2CCCCC2)NC(=O)C12CCN(Cc1ccc(N(C)S(C)(=O)=O)cc1)CC2.Cl. The summed E-state index contributed by atoms with van der Waals surface area (Å²) in [6.45, 7) is 4.64. The molecule has 2 N–H and O–H groups in total. The van der Waals surface area contributed by atoms with Crippen LogP contribution in [0.1, 0.15) is 70.3 Å². The molecule has 1 aliphatic carbocycles. The summed E-state index contributed by atoms with van der Waals surface area (Å²) >= 11 is 0. The van der Waals surface area contributed by atoms with Crippen molar-refractivity contribution in [1.82, 2.24) is 15.1 Å². The number of hydrogen-bond donors (Lipinski definition) is 2. The molecule has 2 atom stereocenters. The van der Waals surface area contributed by atoms with Crippen LogP contribution in [0.3, 0.4) is 0 Å². The van der Waals surface area contributed by atoms with Gasteiger partial charge < -0.3 is 15.3 Å². The Kier molecular flexibility index (Phi) is 10.7. The average molecular weight is 585 g/mol. The number of carbonyl (C=O) groups is 2. The molecule has 1 aromatic carbocycles. The highest BCUT2D eigenvalue weighted by Gasteiger charge is 2.55. The van der Waals surface area contributed by atoms with E-state index in [1.54, 1.807) is 17.0 Å². The van der Waals surface area contributed by atoms with Crippen molar-refractivity contribution in [2.24, 2.45) is 5.92 Å². The predicted molar refractivity (Wildman–Crippen MR) is 155 cm³/mol. The number of aliphatic hydroxyl groups excluding tert-OH is 1. The minimum Gasteiger partial charge on any atom is -0.390 e. The molecule has 4 rings (SSSR count). The fourth-order valence-corrected chi connectivity index (χ4v) is 6.80. The molecule has 220 valence electrons. The minimum absolute atomic E-state index is 0. The summed E-state index contributed by atoms with van der Waals surface area (Å²) in [5.74, 6) is -0.193. The molecule has 2 amide bonds. The van der Waals surface area contributed by atoms with Crippen molar-refractivity contribution in [3.05, 3.63) is 29.8 Å². The van der Waals surface area contributed by atoms with E-state index in [2.05, 4.69) is 17.1 Å². The van der Waals surface area contributed by atoms with Crippen LogP contribution in [-0.4, -0.2) is 85.8 Å². The highest BCUT2D eigenvalue weighted by atomic mass is 35.5. The number of aliphatic hydroxyl groups is 1. The predicted octanol–water partition coefficient (Wildman–Crippen LogP) is 2.91. The highest BCUT2D eigenvalue weighted by Crippen LogP contribution is 2.36. The molecule has 2 saturated heterocycles. The topological polar surface area (TPSA) is 110 Å². The summed E-state index contributed by atoms with van der Waals surface area (Å²) in [5.41, 5.74) is 0.810. The molecular formula is C28H45ClN4O5S. The van der Waals surface area contributed by atoms with Crippen LogP contribution < -0.4 is 9.62 Å². The molecule has 1 spiro atoms. The maximum atomic E-state index is 13.8. The summed E-state index contributed by atoms with van der Waals surface area (Å²) in [5, 5.41) is 14.1. The molecule has 11 heteroatoms. The lowest BCUT2D eigenvalue weighted by Crippen LogP contribution is -2.75. The number of nitrogens with one attached hydrogen (secondary N) is 1. The van der Waals surface area contributed by atoms with Gasteiger partial charge in [0.15, 0.2) is 0 Å². The first-order chi connectivity index (χ1) is 18.1. The number of benzene rings is 1. The molecule has 0 radical (unpaired) electrons. The van der Waals surface area contributed by atoms with Crippen LogP contribution in [0.15, 0.2) is 24.3 Å². The van der Waals surface area contributed by atoms with E-state index in [0.29, 0.717) is 44.7 Å². The second-order valence-corrected chi connectivity index (χ2v) is 13.4. The van der Waals surface area contributed by atoms with Crippen molar-refractivity contribution < 1.29 is 23.1 Å². The number of anilines is 1. The van der Waals surface area contributed by atoms with Crippen molar-refractivity contribution >= 4 is 39.9 Å². The third kappa shape index (κ3) is 6.89. The van der Waals surface area contributed by atoms with Crippen LogP contribution in [0.2, 0.25) is 0 Å². The fraction of sp³-hybridized carbons (Fsp3) is 0.714. The van der Waals surface area contributed by atoms with Crippen LogP contribution in [0.5, 0.6) is 0 Å². The number of rotatable bonds is 9. The zero-order chi connectivity index (χ0) is 27.5. The average Bonchev–Trinajstić information content (AvgIpc) is 2.91. The fourth-order valence-electron chi connectivity index (χ4n) is 6.30. The van der Waals surface area contributed by atoms with Gasteiger partial charge >= 0.3 is 0 Å². The smallest absolute Gasteiger partial charge is 0.248 e. The van der Waals surface area contributed by atoms with Gasteiger partial charge in [0, 0.05) is 33.2 Å². The second kappa shape index (κ2) is 13.2. The van der Waals surface area contributed by atoms with Crippen LogP contribution in [0, 0.1) is 5.92 Å². The molecule has 0 aromatic heterocycles. The summed E-state index contributed by atoms with van der Waals surface area (Å²) in [6, 6.07) is 6.62. The van der Waals surface area contributed by atoms with Gasteiger partial charge in [0.05, 0.1) is 18.0 Å². The van der Waals surface area contributed by atoms with Gasteiger partial charge in [0.1, 0.15) is 11.6 Å². The summed E-state index contributed by atoms with van der Waals surface area (Å²) in [6.07, 6.45) is 8.29. The Morgan fingerprint density at radius 2 is 1.72 bits per heavy atom. The zero-order valence-electron chi connectivity index (χ0n) is 23.5. The summed E-state index contributed by atoms with van der Waals surface area (Å²) in [4.78, 5) is 31.5. The molecular weight excluding hydrogens is 540 g/mol. The molecule has 2 aliphatic heterocycles. The van der Waals surface area contributed by atoms with E-state index in [-0.39, 0.29) is 30.1 Å². The molecule has 9 nitrogen and oxygen atoms in total. The number of carbonyl (C=O) groups excluding carboxylic acids is 2. The molecule has 0 unspecified atom stereocenters. The van der Waals surface area contributed by atoms with E-state index >= 15 is 0 Å². The molecule has 3 fully saturated rings. The Morgan fingerprint density at radius 3 is 2.28 bits per heavy atom. The van der Waals surface area contributed by atoms with E-state index in [0.717, 1.165) is 50.5 Å². The molecule has 1 aromatic rings. The van der Waals surface area contributed by atoms with Gasteiger partial charge in [-0.3, -0.25) is 18.8 Å². The normalized spacial score (nSPS) is 23.3. The lowest BCUT2D eigenvalue weighted by Gasteiger charge is -2.52. The van der Waals surface area contributed by atoms with Crippen molar-refractivity contribution in [2.45, 2.75) is 88.9 Å². The highest BCUT2D eigenvalue weighted by molar-refractivity contribution is 7.92. The molecule has 2 heterocycles. The number of hydrogen-bond acceptors (Lipinski definition) is 6. The van der Waals surface area contributed by atoms with Gasteiger partial charge in [-0.15, -0.1) is 12.4 Å². The van der Waals surface area contributed by atoms with Gasteiger partial charge in [-0.1, -0.05) is 44.7 Å². The van der Waals surface area contributed by atoms with Gasteiger partial charge in [-0.05, 0) is 55.7 Å². The van der Waals surface area contributed by atoms with Gasteiger partial charge in [0.2, 0.25) is 21.8 Å². The maximum Gasteiger partial charge on any atom is 0.248 e. The third-order valence-electron chi connectivity index (χ3n) is 8.85. The number of piperidine rings is 1.